The molecule has 1 aliphatic rings. The van der Waals surface area contributed by atoms with Crippen LogP contribution in [0.15, 0.2) is 27.6 Å². The van der Waals surface area contributed by atoms with E-state index in [0.717, 1.165) is 16.1 Å². The Bertz CT molecular complexity index is 666. The third-order valence-corrected chi connectivity index (χ3v) is 4.26. The Kier molecular flexibility index (Phi) is 2.74. The van der Waals surface area contributed by atoms with Gasteiger partial charge in [0, 0.05) is 10.5 Å². The summed E-state index contributed by atoms with van der Waals surface area (Å²) >= 11 is 1.54. The van der Waals surface area contributed by atoms with Gasteiger partial charge in [-0.25, -0.2) is 0 Å². The smallest absolute Gasteiger partial charge is 0.237 e. The highest BCUT2D eigenvalue weighted by Gasteiger charge is 2.24. The van der Waals surface area contributed by atoms with Gasteiger partial charge in [0.25, 0.3) is 0 Å². The van der Waals surface area contributed by atoms with E-state index in [1.54, 1.807) is 18.7 Å². The normalized spacial score (nSPS) is 18.0. The number of aryl methyl sites for hydroxylation is 1. The lowest BCUT2D eigenvalue weighted by Gasteiger charge is -2.21. The van der Waals surface area contributed by atoms with Crippen LogP contribution in [0.25, 0.3) is 11.3 Å². The molecular weight excluding hydrogens is 262 g/mol. The Morgan fingerprint density at radius 3 is 2.95 bits per heavy atom. The van der Waals surface area contributed by atoms with Gasteiger partial charge in [-0.3, -0.25) is 4.79 Å². The molecule has 0 bridgehead atoms. The van der Waals surface area contributed by atoms with Crippen molar-refractivity contribution >= 4 is 29.0 Å². The summed E-state index contributed by atoms with van der Waals surface area (Å²) in [5.74, 6) is 0.551. The number of benzene rings is 1. The summed E-state index contributed by atoms with van der Waals surface area (Å²) in [5.41, 5.74) is 8.71. The molecule has 19 heavy (non-hydrogen) atoms. The molecule has 2 aromatic rings. The minimum Gasteiger partial charge on any atom is -0.394 e. The number of rotatable bonds is 1. The lowest BCUT2D eigenvalue weighted by atomic mass is 10.1. The quantitative estimate of drug-likeness (QED) is 0.836. The van der Waals surface area contributed by atoms with Gasteiger partial charge in [0.15, 0.2) is 5.76 Å². The molecule has 1 aromatic heterocycles. The van der Waals surface area contributed by atoms with Crippen molar-refractivity contribution in [2.75, 3.05) is 11.1 Å². The zero-order valence-corrected chi connectivity index (χ0v) is 11.4. The second-order valence-corrected chi connectivity index (χ2v) is 5.85. The molecule has 1 aromatic carbocycles. The average molecular weight is 275 g/mol. The molecule has 3 rings (SSSR count). The van der Waals surface area contributed by atoms with Crippen LogP contribution in [-0.2, 0) is 4.79 Å². The second-order valence-electron chi connectivity index (χ2n) is 4.47. The van der Waals surface area contributed by atoms with Crippen molar-refractivity contribution in [2.24, 2.45) is 0 Å². The fraction of sp³-hybridized carbons (Fsp3) is 0.231. The first kappa shape index (κ1) is 12.1. The van der Waals surface area contributed by atoms with Crippen molar-refractivity contribution in [3.8, 4) is 11.3 Å². The van der Waals surface area contributed by atoms with Crippen molar-refractivity contribution in [2.45, 2.75) is 24.0 Å². The monoisotopic (exact) mass is 275 g/mol. The maximum atomic E-state index is 11.7. The number of carbonyl (C=O) groups is 1. The van der Waals surface area contributed by atoms with Gasteiger partial charge in [-0.05, 0) is 32.0 Å². The molecule has 1 atom stereocenters. The second kappa shape index (κ2) is 4.31. The molecule has 5 nitrogen and oxygen atoms in total. The fourth-order valence-electron chi connectivity index (χ4n) is 1.93. The third-order valence-electron chi connectivity index (χ3n) is 3.08. The van der Waals surface area contributed by atoms with E-state index < -0.39 is 0 Å². The first-order valence-corrected chi connectivity index (χ1v) is 6.78. The van der Waals surface area contributed by atoms with Gasteiger partial charge in [0.2, 0.25) is 5.91 Å². The van der Waals surface area contributed by atoms with Gasteiger partial charge in [-0.2, -0.15) is 0 Å². The number of carbonyl (C=O) groups excluding carboxylic acids is 1. The number of nitrogens with one attached hydrogen (secondary N) is 1. The number of fused-ring (bicyclic) bond motifs is 1. The van der Waals surface area contributed by atoms with Gasteiger partial charge in [-0.15, -0.1) is 11.8 Å². The molecule has 0 saturated carbocycles. The van der Waals surface area contributed by atoms with Crippen molar-refractivity contribution in [1.29, 1.82) is 0 Å². The average Bonchev–Trinajstić information content (AvgIpc) is 2.71. The van der Waals surface area contributed by atoms with Crippen LogP contribution in [0.2, 0.25) is 0 Å². The zero-order valence-electron chi connectivity index (χ0n) is 10.6. The molecule has 1 amide bonds. The summed E-state index contributed by atoms with van der Waals surface area (Å²) in [7, 11) is 0. The van der Waals surface area contributed by atoms with E-state index in [1.165, 1.54) is 0 Å². The molecule has 1 unspecified atom stereocenters. The SMILES string of the molecule is Cc1noc(-c2ccc3c(c2)NC(=O)C(C)S3)c1N. The van der Waals surface area contributed by atoms with Crippen LogP contribution in [-0.4, -0.2) is 16.3 Å². The topological polar surface area (TPSA) is 81.2 Å². The highest BCUT2D eigenvalue weighted by molar-refractivity contribution is 8.00. The third kappa shape index (κ3) is 1.98. The molecule has 0 spiro atoms. The predicted molar refractivity (Wildman–Crippen MR) is 75.0 cm³/mol. The first-order chi connectivity index (χ1) is 9.06. The van der Waals surface area contributed by atoms with Crippen LogP contribution in [0.1, 0.15) is 12.6 Å². The standard InChI is InChI=1S/C13H13N3O2S/c1-6-11(14)12(18-16-6)8-3-4-10-9(5-8)15-13(17)7(2)19-10/h3-5,7H,14H2,1-2H3,(H,15,17). The van der Waals surface area contributed by atoms with E-state index in [0.29, 0.717) is 17.1 Å². The molecule has 6 heteroatoms. The maximum Gasteiger partial charge on any atom is 0.237 e. The highest BCUT2D eigenvalue weighted by atomic mass is 32.2. The van der Waals surface area contributed by atoms with Gasteiger partial charge >= 0.3 is 0 Å². The van der Waals surface area contributed by atoms with Gasteiger partial charge in [-0.1, -0.05) is 5.16 Å². The van der Waals surface area contributed by atoms with E-state index >= 15 is 0 Å². The molecular formula is C13H13N3O2S. The maximum absolute atomic E-state index is 11.7. The Hall–Kier alpha value is -1.95. The number of thioether (sulfide) groups is 1. The van der Waals surface area contributed by atoms with Crippen LogP contribution in [0, 0.1) is 6.92 Å². The summed E-state index contributed by atoms with van der Waals surface area (Å²) in [4.78, 5) is 12.7. The molecule has 2 heterocycles. The Balaban J connectivity index is 2.05. The summed E-state index contributed by atoms with van der Waals surface area (Å²) in [6.07, 6.45) is 0. The van der Waals surface area contributed by atoms with Crippen LogP contribution in [0.4, 0.5) is 11.4 Å². The van der Waals surface area contributed by atoms with Crippen molar-refractivity contribution in [1.82, 2.24) is 5.16 Å². The first-order valence-electron chi connectivity index (χ1n) is 5.90. The summed E-state index contributed by atoms with van der Waals surface area (Å²) < 4.78 is 5.23. The summed E-state index contributed by atoms with van der Waals surface area (Å²) in [5, 5.41) is 6.65. The number of nitrogens with zero attached hydrogens (tertiary/aromatic N) is 1. The molecule has 3 N–H and O–H groups in total. The molecule has 0 saturated heterocycles. The van der Waals surface area contributed by atoms with Crippen LogP contribution < -0.4 is 11.1 Å². The lowest BCUT2D eigenvalue weighted by molar-refractivity contribution is -0.115. The van der Waals surface area contributed by atoms with E-state index in [2.05, 4.69) is 10.5 Å². The van der Waals surface area contributed by atoms with Gasteiger partial charge in [0.1, 0.15) is 11.4 Å². The van der Waals surface area contributed by atoms with Crippen LogP contribution in [0.3, 0.4) is 0 Å². The number of anilines is 2. The Morgan fingerprint density at radius 1 is 1.47 bits per heavy atom. The molecule has 0 radical (unpaired) electrons. The van der Waals surface area contributed by atoms with Crippen LogP contribution in [0.5, 0.6) is 0 Å². The number of hydrogen-bond acceptors (Lipinski definition) is 5. The Labute approximate surface area is 114 Å². The molecule has 1 aliphatic heterocycles. The van der Waals surface area contributed by atoms with Crippen LogP contribution >= 0.6 is 11.8 Å². The van der Waals surface area contributed by atoms with Gasteiger partial charge < -0.3 is 15.6 Å². The number of aromatic nitrogens is 1. The minimum atomic E-state index is -0.0732. The number of nitrogens with two attached hydrogens (primary N) is 1. The predicted octanol–water partition coefficient (Wildman–Crippen LogP) is 2.66. The summed E-state index contributed by atoms with van der Waals surface area (Å²) in [6.45, 7) is 3.68. The lowest BCUT2D eigenvalue weighted by Crippen LogP contribution is -2.26. The number of amides is 1. The van der Waals surface area contributed by atoms with Crippen molar-refractivity contribution < 1.29 is 9.32 Å². The molecule has 0 aliphatic carbocycles. The van der Waals surface area contributed by atoms with E-state index in [-0.39, 0.29) is 11.2 Å². The Morgan fingerprint density at radius 2 is 2.26 bits per heavy atom. The number of nitrogen functional groups attached to an aromatic ring is 1. The highest BCUT2D eigenvalue weighted by Crippen LogP contribution is 2.39. The molecule has 98 valence electrons. The fourth-order valence-corrected chi connectivity index (χ4v) is 2.87. The molecule has 0 fully saturated rings. The van der Waals surface area contributed by atoms with Crippen molar-refractivity contribution in [3.63, 3.8) is 0 Å². The minimum absolute atomic E-state index is 0.0105. The number of hydrogen-bond donors (Lipinski definition) is 2. The summed E-state index contributed by atoms with van der Waals surface area (Å²) in [6, 6.07) is 5.75. The van der Waals surface area contributed by atoms with Gasteiger partial charge in [0.05, 0.1) is 10.9 Å². The largest absolute Gasteiger partial charge is 0.394 e. The van der Waals surface area contributed by atoms with Crippen molar-refractivity contribution in [3.05, 3.63) is 23.9 Å². The van der Waals surface area contributed by atoms with E-state index in [4.69, 9.17) is 10.3 Å². The van der Waals surface area contributed by atoms with E-state index in [1.807, 2.05) is 25.1 Å². The van der Waals surface area contributed by atoms with E-state index in [9.17, 15) is 4.79 Å². The zero-order chi connectivity index (χ0) is 13.6.